The van der Waals surface area contributed by atoms with Crippen LogP contribution in [0.15, 0.2) is 54.9 Å². The van der Waals surface area contributed by atoms with Gasteiger partial charge in [-0.05, 0) is 73.7 Å². The number of ether oxygens (including phenoxy) is 2. The van der Waals surface area contributed by atoms with Crippen molar-refractivity contribution in [2.75, 3.05) is 45.3 Å². The lowest BCUT2D eigenvalue weighted by Crippen LogP contribution is -2.62. The van der Waals surface area contributed by atoms with Gasteiger partial charge in [-0.15, -0.1) is 0 Å². The van der Waals surface area contributed by atoms with Crippen LogP contribution in [0.25, 0.3) is 10.9 Å². The second-order valence-corrected chi connectivity index (χ2v) is 9.80. The summed E-state index contributed by atoms with van der Waals surface area (Å²) in [6, 6.07) is 14.0. The Labute approximate surface area is 211 Å². The predicted octanol–water partition coefficient (Wildman–Crippen LogP) is 3.45. The molecular weight excluding hydrogens is 456 g/mol. The van der Waals surface area contributed by atoms with Crippen LogP contribution in [0.2, 0.25) is 0 Å². The number of nitrogens with zero attached hydrogens (tertiary/aromatic N) is 4. The number of aliphatic hydroxyl groups is 1. The minimum absolute atomic E-state index is 0.154. The van der Waals surface area contributed by atoms with Crippen LogP contribution >= 0.6 is 0 Å². The zero-order valence-corrected chi connectivity index (χ0v) is 20.9. The monoisotopic (exact) mass is 490 g/mol. The van der Waals surface area contributed by atoms with Crippen molar-refractivity contribution in [1.82, 2.24) is 14.9 Å². The minimum atomic E-state index is -0.641. The lowest BCUT2D eigenvalue weighted by atomic mass is 9.80. The maximum absolute atomic E-state index is 12.7. The van der Waals surface area contributed by atoms with Crippen molar-refractivity contribution in [3.8, 4) is 5.75 Å². The number of likely N-dealkylation sites (tertiary alicyclic amines) is 1. The van der Waals surface area contributed by atoms with E-state index < -0.39 is 6.10 Å². The first-order valence-corrected chi connectivity index (χ1v) is 12.7. The number of aliphatic hydroxyl groups excluding tert-OH is 1. The van der Waals surface area contributed by atoms with Crippen LogP contribution in [0.3, 0.4) is 0 Å². The lowest BCUT2D eigenvalue weighted by Gasteiger charge is -2.49. The molecule has 8 heteroatoms. The molecule has 2 aliphatic heterocycles. The van der Waals surface area contributed by atoms with E-state index in [4.69, 9.17) is 9.47 Å². The molecule has 3 atom stereocenters. The van der Waals surface area contributed by atoms with Gasteiger partial charge in [0, 0.05) is 43.5 Å². The topological polar surface area (TPSA) is 88.0 Å². The number of hydrogen-bond donors (Lipinski definition) is 1. The number of aromatic nitrogens is 2. The van der Waals surface area contributed by atoms with Crippen molar-refractivity contribution in [3.05, 3.63) is 60.4 Å². The quantitative estimate of drug-likeness (QED) is 0.481. The summed E-state index contributed by atoms with van der Waals surface area (Å²) in [5.74, 6) is 1.58. The molecule has 190 valence electrons. The third-order valence-corrected chi connectivity index (χ3v) is 7.80. The maximum atomic E-state index is 12.7. The van der Waals surface area contributed by atoms with Gasteiger partial charge in [-0.2, -0.15) is 0 Å². The average molecular weight is 491 g/mol. The number of hydrogen-bond acceptors (Lipinski definition) is 8. The molecular formula is C28H34N4O4. The van der Waals surface area contributed by atoms with Crippen molar-refractivity contribution in [2.45, 2.75) is 31.4 Å². The van der Waals surface area contributed by atoms with Gasteiger partial charge >= 0.3 is 5.97 Å². The Morgan fingerprint density at radius 1 is 1.11 bits per heavy atom. The number of fused-ring (bicyclic) bond motifs is 1. The second kappa shape index (κ2) is 10.8. The van der Waals surface area contributed by atoms with Gasteiger partial charge < -0.3 is 19.5 Å². The first-order chi connectivity index (χ1) is 17.6. The molecule has 0 saturated carbocycles. The Hall–Kier alpha value is -3.23. The minimum Gasteiger partial charge on any atom is -0.497 e. The molecule has 4 heterocycles. The normalized spacial score (nSPS) is 21.7. The number of esters is 1. The van der Waals surface area contributed by atoms with Crippen LogP contribution in [0, 0.1) is 11.8 Å². The Morgan fingerprint density at radius 3 is 2.72 bits per heavy atom. The number of carbonyl (C=O) groups excluding carboxylic acids is 1. The molecule has 1 N–H and O–H groups in total. The Morgan fingerprint density at radius 2 is 1.97 bits per heavy atom. The Balaban J connectivity index is 1.22. The zero-order chi connectivity index (χ0) is 25.1. The standard InChI is InChI=1S/C28H34N4O4/c1-35-21-7-8-25-23(15-21)22(10-13-29-25)26(33)9-6-19-11-14-31(18-24(19)28(34)36-2)20-16-32(17-20)27-5-3-4-12-30-27/h3-5,7-8,10,12-13,15,19-20,24,26,33H,6,9,11,14,16-18H2,1-2H3/t19-,24+,26?/m1/s1. The Kier molecular flexibility index (Phi) is 7.34. The van der Waals surface area contributed by atoms with Gasteiger partial charge in [-0.1, -0.05) is 6.07 Å². The molecule has 2 aliphatic rings. The van der Waals surface area contributed by atoms with E-state index in [1.54, 1.807) is 13.3 Å². The highest BCUT2D eigenvalue weighted by molar-refractivity contribution is 5.83. The molecule has 2 saturated heterocycles. The molecule has 2 fully saturated rings. The summed E-state index contributed by atoms with van der Waals surface area (Å²) in [5, 5.41) is 12.0. The lowest BCUT2D eigenvalue weighted by molar-refractivity contribution is -0.150. The molecule has 1 unspecified atom stereocenters. The highest BCUT2D eigenvalue weighted by Crippen LogP contribution is 2.35. The average Bonchev–Trinajstić information content (AvgIpc) is 2.90. The molecule has 1 aromatic carbocycles. The van der Waals surface area contributed by atoms with Gasteiger partial charge in [0.05, 0.1) is 31.8 Å². The van der Waals surface area contributed by atoms with E-state index in [9.17, 15) is 9.90 Å². The number of anilines is 1. The van der Waals surface area contributed by atoms with Crippen molar-refractivity contribution in [1.29, 1.82) is 0 Å². The highest BCUT2D eigenvalue weighted by Gasteiger charge is 2.41. The predicted molar refractivity (Wildman–Crippen MR) is 138 cm³/mol. The summed E-state index contributed by atoms with van der Waals surface area (Å²) >= 11 is 0. The van der Waals surface area contributed by atoms with Crippen molar-refractivity contribution in [2.24, 2.45) is 11.8 Å². The van der Waals surface area contributed by atoms with Gasteiger partial charge in [0.15, 0.2) is 0 Å². The molecule has 36 heavy (non-hydrogen) atoms. The number of methoxy groups -OCH3 is 2. The van der Waals surface area contributed by atoms with E-state index in [0.717, 1.165) is 60.5 Å². The van der Waals surface area contributed by atoms with Gasteiger partial charge in [0.2, 0.25) is 0 Å². The van der Waals surface area contributed by atoms with Crippen molar-refractivity contribution < 1.29 is 19.4 Å². The second-order valence-electron chi connectivity index (χ2n) is 9.80. The number of piperidine rings is 1. The molecule has 0 radical (unpaired) electrons. The molecule has 0 bridgehead atoms. The summed E-state index contributed by atoms with van der Waals surface area (Å²) in [4.78, 5) is 26.3. The number of carbonyl (C=O) groups is 1. The summed E-state index contributed by atoms with van der Waals surface area (Å²) in [6.07, 6.45) is 5.16. The third kappa shape index (κ3) is 5.01. The summed E-state index contributed by atoms with van der Waals surface area (Å²) in [5.41, 5.74) is 1.67. The largest absolute Gasteiger partial charge is 0.497 e. The summed E-state index contributed by atoms with van der Waals surface area (Å²) in [6.45, 7) is 3.49. The molecule has 8 nitrogen and oxygen atoms in total. The van der Waals surface area contributed by atoms with Crippen LogP contribution in [0.1, 0.15) is 30.9 Å². The first-order valence-electron chi connectivity index (χ1n) is 12.7. The van der Waals surface area contributed by atoms with E-state index in [1.807, 2.05) is 48.7 Å². The maximum Gasteiger partial charge on any atom is 0.310 e. The number of pyridine rings is 2. The van der Waals surface area contributed by atoms with E-state index in [1.165, 1.54) is 7.11 Å². The molecule has 0 spiro atoms. The van der Waals surface area contributed by atoms with E-state index in [-0.39, 0.29) is 17.8 Å². The van der Waals surface area contributed by atoms with Crippen LogP contribution < -0.4 is 9.64 Å². The summed E-state index contributed by atoms with van der Waals surface area (Å²) in [7, 11) is 3.10. The van der Waals surface area contributed by atoms with Gasteiger partial charge in [0.1, 0.15) is 11.6 Å². The summed E-state index contributed by atoms with van der Waals surface area (Å²) < 4.78 is 10.6. The number of rotatable bonds is 8. The fraction of sp³-hybridized carbons (Fsp3) is 0.464. The van der Waals surface area contributed by atoms with Gasteiger partial charge in [0.25, 0.3) is 0 Å². The molecule has 5 rings (SSSR count). The van der Waals surface area contributed by atoms with Crippen LogP contribution in [-0.4, -0.2) is 72.4 Å². The molecule has 2 aromatic heterocycles. The van der Waals surface area contributed by atoms with Crippen LogP contribution in [0.4, 0.5) is 5.82 Å². The smallest absolute Gasteiger partial charge is 0.310 e. The molecule has 3 aromatic rings. The van der Waals surface area contributed by atoms with Crippen LogP contribution in [0.5, 0.6) is 5.75 Å². The number of benzene rings is 1. The third-order valence-electron chi connectivity index (χ3n) is 7.80. The first kappa shape index (κ1) is 24.5. The van der Waals surface area contributed by atoms with Gasteiger partial charge in [-0.3, -0.25) is 14.7 Å². The van der Waals surface area contributed by atoms with Crippen LogP contribution in [-0.2, 0) is 9.53 Å². The molecule has 0 amide bonds. The fourth-order valence-corrected chi connectivity index (χ4v) is 5.63. The van der Waals surface area contributed by atoms with Crippen molar-refractivity contribution >= 4 is 22.7 Å². The van der Waals surface area contributed by atoms with Gasteiger partial charge in [-0.25, -0.2) is 4.98 Å². The highest BCUT2D eigenvalue weighted by atomic mass is 16.5. The molecule has 0 aliphatic carbocycles. The zero-order valence-electron chi connectivity index (χ0n) is 20.9. The van der Waals surface area contributed by atoms with E-state index in [2.05, 4.69) is 19.8 Å². The fourth-order valence-electron chi connectivity index (χ4n) is 5.63. The van der Waals surface area contributed by atoms with Crippen molar-refractivity contribution in [3.63, 3.8) is 0 Å². The Bertz CT molecular complexity index is 1180. The van der Waals surface area contributed by atoms with E-state index in [0.29, 0.717) is 19.0 Å². The van der Waals surface area contributed by atoms with E-state index >= 15 is 0 Å². The SMILES string of the molecule is COC(=O)[C@H]1CN(C2CN(c3ccccn3)C2)CC[C@H]1CCC(O)c1ccnc2ccc(OC)cc12.